The molecule has 3 aromatic rings. The molecule has 0 heterocycles. The van der Waals surface area contributed by atoms with E-state index in [1.54, 1.807) is 31.2 Å². The highest BCUT2D eigenvalue weighted by molar-refractivity contribution is 9.10. The number of carbonyl (C=O) groups is 1. The normalized spacial score (nSPS) is 10.9. The van der Waals surface area contributed by atoms with Gasteiger partial charge in [0.15, 0.2) is 11.5 Å². The van der Waals surface area contributed by atoms with Gasteiger partial charge in [0.05, 0.1) is 21.7 Å². The van der Waals surface area contributed by atoms with Gasteiger partial charge in [-0.1, -0.05) is 29.8 Å². The number of hydrogen-bond donors (Lipinski definition) is 1. The molecule has 0 aliphatic heterocycles. The summed E-state index contributed by atoms with van der Waals surface area (Å²) in [5.41, 5.74) is 1.94. The second-order valence-corrected chi connectivity index (χ2v) is 8.85. The number of hydrogen-bond acceptors (Lipinski definition) is 6. The van der Waals surface area contributed by atoms with E-state index in [2.05, 4.69) is 21.2 Å². The van der Waals surface area contributed by atoms with Crippen molar-refractivity contribution in [2.75, 3.05) is 11.9 Å². The standard InChI is InChI=1S/C26H21BrClN3O5/c1-3-35-24-12-18(11-22(27)25(24)36-15-17-5-7-20(28)8-6-17)10-19(14-29)26(32)30-23-13-21(31(33)34)9-4-16(23)2/h4-13H,3,15H2,1-2H3,(H,30,32)/b19-10+. The molecule has 0 radical (unpaired) electrons. The predicted octanol–water partition coefficient (Wildman–Crippen LogP) is 6.84. The van der Waals surface area contributed by atoms with Crippen LogP contribution in [-0.4, -0.2) is 17.4 Å². The molecule has 0 bridgehead atoms. The Morgan fingerprint density at radius 2 is 1.92 bits per heavy atom. The summed E-state index contributed by atoms with van der Waals surface area (Å²) in [7, 11) is 0. The van der Waals surface area contributed by atoms with E-state index in [-0.39, 0.29) is 23.6 Å². The smallest absolute Gasteiger partial charge is 0.271 e. The van der Waals surface area contributed by atoms with Gasteiger partial charge in [-0.15, -0.1) is 0 Å². The summed E-state index contributed by atoms with van der Waals surface area (Å²) in [6, 6.07) is 16.6. The van der Waals surface area contributed by atoms with Crippen molar-refractivity contribution in [1.29, 1.82) is 5.26 Å². The van der Waals surface area contributed by atoms with E-state index in [9.17, 15) is 20.2 Å². The van der Waals surface area contributed by atoms with E-state index in [4.69, 9.17) is 21.1 Å². The molecule has 0 unspecified atom stereocenters. The van der Waals surface area contributed by atoms with Crippen molar-refractivity contribution in [1.82, 2.24) is 0 Å². The zero-order valence-corrected chi connectivity index (χ0v) is 21.7. The van der Waals surface area contributed by atoms with Crippen LogP contribution in [0.4, 0.5) is 11.4 Å². The number of amides is 1. The Morgan fingerprint density at radius 1 is 1.19 bits per heavy atom. The number of benzene rings is 3. The lowest BCUT2D eigenvalue weighted by Crippen LogP contribution is -2.14. The number of halogens is 2. The molecule has 0 aliphatic carbocycles. The quantitative estimate of drug-likeness (QED) is 0.130. The van der Waals surface area contributed by atoms with E-state index in [1.165, 1.54) is 24.3 Å². The van der Waals surface area contributed by atoms with Gasteiger partial charge in [0.1, 0.15) is 18.2 Å². The lowest BCUT2D eigenvalue weighted by molar-refractivity contribution is -0.384. The number of anilines is 1. The first kappa shape index (κ1) is 26.7. The molecule has 0 fully saturated rings. The summed E-state index contributed by atoms with van der Waals surface area (Å²) in [4.78, 5) is 23.3. The number of nitro groups is 1. The van der Waals surface area contributed by atoms with Gasteiger partial charge < -0.3 is 14.8 Å². The molecule has 0 saturated heterocycles. The summed E-state index contributed by atoms with van der Waals surface area (Å²) in [6.07, 6.45) is 1.40. The van der Waals surface area contributed by atoms with E-state index >= 15 is 0 Å². The fourth-order valence-electron chi connectivity index (χ4n) is 3.17. The molecular weight excluding hydrogens is 550 g/mol. The van der Waals surface area contributed by atoms with E-state index < -0.39 is 10.8 Å². The van der Waals surface area contributed by atoms with Crippen molar-refractivity contribution in [2.24, 2.45) is 0 Å². The van der Waals surface area contributed by atoms with Crippen LogP contribution in [0, 0.1) is 28.4 Å². The van der Waals surface area contributed by atoms with E-state index in [0.29, 0.717) is 38.7 Å². The van der Waals surface area contributed by atoms with Gasteiger partial charge in [0, 0.05) is 17.2 Å². The SMILES string of the molecule is CCOc1cc(/C=C(\C#N)C(=O)Nc2cc([N+](=O)[O-])ccc2C)cc(Br)c1OCc1ccc(Cl)cc1. The summed E-state index contributed by atoms with van der Waals surface area (Å²) in [5.74, 6) is 0.205. The average molecular weight is 571 g/mol. The zero-order chi connectivity index (χ0) is 26.2. The predicted molar refractivity (Wildman–Crippen MR) is 141 cm³/mol. The van der Waals surface area contributed by atoms with Crippen molar-refractivity contribution in [3.8, 4) is 17.6 Å². The van der Waals surface area contributed by atoms with Crippen LogP contribution in [0.5, 0.6) is 11.5 Å². The van der Waals surface area contributed by atoms with Gasteiger partial charge in [0.25, 0.3) is 11.6 Å². The first-order chi connectivity index (χ1) is 17.2. The van der Waals surface area contributed by atoms with Crippen LogP contribution in [0.3, 0.4) is 0 Å². The number of aryl methyl sites for hydroxylation is 1. The molecule has 1 amide bonds. The fraction of sp³-hybridized carbons (Fsp3) is 0.154. The van der Waals surface area contributed by atoms with E-state index in [0.717, 1.165) is 5.56 Å². The topological polar surface area (TPSA) is 114 Å². The minimum absolute atomic E-state index is 0.169. The van der Waals surface area contributed by atoms with Gasteiger partial charge in [-0.25, -0.2) is 0 Å². The van der Waals surface area contributed by atoms with E-state index in [1.807, 2.05) is 25.1 Å². The Kier molecular flexibility index (Phi) is 9.06. The third-order valence-electron chi connectivity index (χ3n) is 4.98. The first-order valence-electron chi connectivity index (χ1n) is 10.7. The lowest BCUT2D eigenvalue weighted by Gasteiger charge is -2.15. The third kappa shape index (κ3) is 6.84. The molecule has 3 aromatic carbocycles. The van der Waals surface area contributed by atoms with Crippen LogP contribution >= 0.6 is 27.5 Å². The maximum absolute atomic E-state index is 12.8. The minimum atomic E-state index is -0.696. The van der Waals surface area contributed by atoms with Crippen LogP contribution in [0.25, 0.3) is 6.08 Å². The van der Waals surface area contributed by atoms with Crippen molar-refractivity contribution in [3.63, 3.8) is 0 Å². The van der Waals surface area contributed by atoms with Crippen molar-refractivity contribution in [3.05, 3.63) is 96.5 Å². The van der Waals surface area contributed by atoms with Crippen molar-refractivity contribution < 1.29 is 19.2 Å². The Bertz CT molecular complexity index is 1370. The molecule has 0 aliphatic rings. The molecule has 184 valence electrons. The molecule has 10 heteroatoms. The Labute approximate surface area is 221 Å². The molecule has 1 N–H and O–H groups in total. The highest BCUT2D eigenvalue weighted by Gasteiger charge is 2.16. The first-order valence-corrected chi connectivity index (χ1v) is 11.9. The number of nitrogens with one attached hydrogen (secondary N) is 1. The van der Waals surface area contributed by atoms with Gasteiger partial charge in [-0.05, 0) is 76.8 Å². The summed E-state index contributed by atoms with van der Waals surface area (Å²) < 4.78 is 12.3. The van der Waals surface area contributed by atoms with Crippen LogP contribution in [0.1, 0.15) is 23.6 Å². The van der Waals surface area contributed by atoms with Gasteiger partial charge in [0.2, 0.25) is 0 Å². The highest BCUT2D eigenvalue weighted by atomic mass is 79.9. The second kappa shape index (κ2) is 12.2. The third-order valence-corrected chi connectivity index (χ3v) is 5.83. The summed E-state index contributed by atoms with van der Waals surface area (Å²) >= 11 is 9.42. The number of nitriles is 1. The molecule has 0 aromatic heterocycles. The molecule has 0 saturated carbocycles. The average Bonchev–Trinajstić information content (AvgIpc) is 2.84. The van der Waals surface area contributed by atoms with Crippen LogP contribution in [0.2, 0.25) is 5.02 Å². The Balaban J connectivity index is 1.86. The monoisotopic (exact) mass is 569 g/mol. The molecular formula is C26H21BrClN3O5. The lowest BCUT2D eigenvalue weighted by atomic mass is 10.1. The minimum Gasteiger partial charge on any atom is -0.490 e. The molecule has 0 spiro atoms. The number of non-ortho nitro benzene ring substituents is 1. The van der Waals surface area contributed by atoms with Crippen molar-refractivity contribution >= 4 is 50.9 Å². The molecule has 36 heavy (non-hydrogen) atoms. The van der Waals surface area contributed by atoms with Crippen molar-refractivity contribution in [2.45, 2.75) is 20.5 Å². The number of nitrogens with zero attached hydrogens (tertiary/aromatic N) is 2. The van der Waals surface area contributed by atoms with Crippen LogP contribution in [-0.2, 0) is 11.4 Å². The molecule has 0 atom stereocenters. The van der Waals surface area contributed by atoms with Crippen LogP contribution < -0.4 is 14.8 Å². The Morgan fingerprint density at radius 3 is 2.56 bits per heavy atom. The van der Waals surface area contributed by atoms with Crippen LogP contribution in [0.15, 0.2) is 64.6 Å². The zero-order valence-electron chi connectivity index (χ0n) is 19.4. The largest absolute Gasteiger partial charge is 0.490 e. The van der Waals surface area contributed by atoms with Gasteiger partial charge in [-0.2, -0.15) is 5.26 Å². The highest BCUT2D eigenvalue weighted by Crippen LogP contribution is 2.38. The van der Waals surface area contributed by atoms with Gasteiger partial charge >= 0.3 is 0 Å². The molecule has 8 nitrogen and oxygen atoms in total. The fourth-order valence-corrected chi connectivity index (χ4v) is 3.87. The summed E-state index contributed by atoms with van der Waals surface area (Å²) in [6.45, 7) is 4.17. The number of nitro benzene ring substituents is 1. The maximum Gasteiger partial charge on any atom is 0.271 e. The number of carbonyl (C=O) groups excluding carboxylic acids is 1. The maximum atomic E-state index is 12.8. The number of ether oxygens (including phenoxy) is 2. The van der Waals surface area contributed by atoms with Gasteiger partial charge in [-0.3, -0.25) is 14.9 Å². The molecule has 3 rings (SSSR count). The number of rotatable bonds is 9. The Hall–Kier alpha value is -3.87. The second-order valence-electron chi connectivity index (χ2n) is 7.56. The summed E-state index contributed by atoms with van der Waals surface area (Å²) in [5, 5.41) is 23.9.